The summed E-state index contributed by atoms with van der Waals surface area (Å²) >= 11 is 0. The van der Waals surface area contributed by atoms with Crippen molar-refractivity contribution in [1.82, 2.24) is 0 Å². The zero-order valence-electron chi connectivity index (χ0n) is 10.8. The summed E-state index contributed by atoms with van der Waals surface area (Å²) < 4.78 is 0. The van der Waals surface area contributed by atoms with Crippen molar-refractivity contribution in [3.63, 3.8) is 0 Å². The number of hydrogen-bond donors (Lipinski definition) is 0. The highest BCUT2D eigenvalue weighted by Crippen LogP contribution is 2.42. The molecule has 0 heterocycles. The summed E-state index contributed by atoms with van der Waals surface area (Å²) in [7, 11) is 1.84. The monoisotopic (exact) mass is 239 g/mol. The molecule has 0 aromatic heterocycles. The molecule has 16 heavy (non-hydrogen) atoms. The molecule has 2 aliphatic rings. The van der Waals surface area contributed by atoms with Crippen LogP contribution in [0.4, 0.5) is 0 Å². The van der Waals surface area contributed by atoms with Crippen molar-refractivity contribution in [2.75, 3.05) is 0 Å². The van der Waals surface area contributed by atoms with Crippen molar-refractivity contribution in [3.05, 3.63) is 0 Å². The average Bonchev–Trinajstić information content (AvgIpc) is 2.29. The summed E-state index contributed by atoms with van der Waals surface area (Å²) in [6, 6.07) is 0. The molecule has 0 atom stereocenters. The van der Waals surface area contributed by atoms with Gasteiger partial charge in [0.05, 0.1) is 0 Å². The molecule has 0 saturated heterocycles. The van der Waals surface area contributed by atoms with Gasteiger partial charge in [-0.3, -0.25) is 0 Å². The third-order valence-corrected chi connectivity index (χ3v) is 6.20. The number of rotatable bonds is 2. The van der Waals surface area contributed by atoms with Gasteiger partial charge in [-0.25, -0.2) is 0 Å². The van der Waals surface area contributed by atoms with Gasteiger partial charge in [0, 0.05) is 0 Å². The van der Waals surface area contributed by atoms with Crippen LogP contribution in [0.5, 0.6) is 0 Å². The lowest BCUT2D eigenvalue weighted by molar-refractivity contribution is 0.508. The normalized spacial score (nSPS) is 27.8. The highest BCUT2D eigenvalue weighted by molar-refractivity contribution is 7.39. The molecule has 2 rings (SSSR count). The fourth-order valence-corrected chi connectivity index (χ4v) is 4.87. The maximum atomic E-state index is 1.84. The Labute approximate surface area is 104 Å². The minimum atomic E-state index is 1.07. The maximum Gasteiger partial charge on any atom is -0.0168 e. The van der Waals surface area contributed by atoms with Gasteiger partial charge in [0.15, 0.2) is 0 Å². The third-order valence-electron chi connectivity index (χ3n) is 4.32. The Hall–Kier alpha value is 0.430. The lowest BCUT2D eigenvalue weighted by atomic mass is 10.00. The molecule has 0 aromatic rings. The first kappa shape index (κ1) is 12.9. The van der Waals surface area contributed by atoms with E-state index in [9.17, 15) is 0 Å². The SMILES string of the molecule is C1CCCCCC([P]C2CCC2)CCCC1. The summed E-state index contributed by atoms with van der Waals surface area (Å²) in [5.74, 6) is 0. The molecule has 2 aliphatic carbocycles. The van der Waals surface area contributed by atoms with Gasteiger partial charge in [-0.2, -0.15) is 0 Å². The molecular formula is C15H28P. The Morgan fingerprint density at radius 3 is 1.19 bits per heavy atom. The quantitative estimate of drug-likeness (QED) is 0.537. The van der Waals surface area contributed by atoms with Crippen LogP contribution in [0.15, 0.2) is 0 Å². The van der Waals surface area contributed by atoms with Crippen molar-refractivity contribution >= 4 is 8.58 Å². The summed E-state index contributed by atoms with van der Waals surface area (Å²) in [5.41, 5.74) is 2.18. The van der Waals surface area contributed by atoms with Crippen molar-refractivity contribution in [2.24, 2.45) is 0 Å². The summed E-state index contributed by atoms with van der Waals surface area (Å²) in [6.45, 7) is 0. The van der Waals surface area contributed by atoms with Gasteiger partial charge >= 0.3 is 0 Å². The predicted octanol–water partition coefficient (Wildman–Crippen LogP) is 5.77. The molecule has 0 unspecified atom stereocenters. The second-order valence-corrected chi connectivity index (χ2v) is 7.55. The minimum absolute atomic E-state index is 1.07. The fraction of sp³-hybridized carbons (Fsp3) is 1.00. The molecule has 0 bridgehead atoms. The zero-order chi connectivity index (χ0) is 11.1. The van der Waals surface area contributed by atoms with Gasteiger partial charge in [0.1, 0.15) is 0 Å². The van der Waals surface area contributed by atoms with Gasteiger partial charge in [-0.05, 0) is 37.0 Å². The highest BCUT2D eigenvalue weighted by Gasteiger charge is 2.22. The van der Waals surface area contributed by atoms with Gasteiger partial charge in [-0.1, -0.05) is 66.4 Å². The van der Waals surface area contributed by atoms with Gasteiger partial charge < -0.3 is 0 Å². The van der Waals surface area contributed by atoms with Gasteiger partial charge in [0.25, 0.3) is 0 Å². The fourth-order valence-electron chi connectivity index (χ4n) is 2.95. The molecule has 0 amide bonds. The third kappa shape index (κ3) is 4.74. The van der Waals surface area contributed by atoms with Gasteiger partial charge in [0.2, 0.25) is 0 Å². The zero-order valence-corrected chi connectivity index (χ0v) is 11.7. The van der Waals surface area contributed by atoms with Crippen molar-refractivity contribution in [2.45, 2.75) is 94.8 Å². The molecule has 2 fully saturated rings. The Balaban J connectivity index is 1.69. The molecule has 0 N–H and O–H groups in total. The summed E-state index contributed by atoms with van der Waals surface area (Å²) in [4.78, 5) is 0. The van der Waals surface area contributed by atoms with E-state index in [4.69, 9.17) is 0 Å². The molecule has 0 nitrogen and oxygen atoms in total. The van der Waals surface area contributed by atoms with E-state index in [1.165, 1.54) is 83.5 Å². The lowest BCUT2D eigenvalue weighted by Gasteiger charge is -2.29. The number of hydrogen-bond acceptors (Lipinski definition) is 0. The highest BCUT2D eigenvalue weighted by atomic mass is 31.1. The standard InChI is InChI=1S/C15H28P/c1-2-4-6-8-11-14(10-7-5-3-1)16-15-12-9-13-15/h14-15H,1-13H2. The Morgan fingerprint density at radius 2 is 0.812 bits per heavy atom. The van der Waals surface area contributed by atoms with Crippen LogP contribution in [0.2, 0.25) is 0 Å². The lowest BCUT2D eigenvalue weighted by Crippen LogP contribution is -2.16. The van der Waals surface area contributed by atoms with Crippen LogP contribution in [0.3, 0.4) is 0 Å². The molecule has 0 aromatic carbocycles. The molecule has 93 valence electrons. The second kappa shape index (κ2) is 7.70. The second-order valence-electron chi connectivity index (χ2n) is 5.79. The molecule has 2 saturated carbocycles. The van der Waals surface area contributed by atoms with Gasteiger partial charge in [-0.15, -0.1) is 0 Å². The van der Waals surface area contributed by atoms with E-state index >= 15 is 0 Å². The van der Waals surface area contributed by atoms with E-state index in [0.717, 1.165) is 11.3 Å². The maximum absolute atomic E-state index is 1.84. The largest absolute Gasteiger partial charge is 0.0741 e. The van der Waals surface area contributed by atoms with Crippen LogP contribution in [0.25, 0.3) is 0 Å². The minimum Gasteiger partial charge on any atom is -0.0741 e. The Kier molecular flexibility index (Phi) is 6.19. The summed E-state index contributed by atoms with van der Waals surface area (Å²) in [5, 5.41) is 0. The van der Waals surface area contributed by atoms with E-state index in [-0.39, 0.29) is 0 Å². The first-order chi connectivity index (χ1) is 7.95. The van der Waals surface area contributed by atoms with Crippen molar-refractivity contribution < 1.29 is 0 Å². The van der Waals surface area contributed by atoms with E-state index in [1.807, 2.05) is 8.58 Å². The van der Waals surface area contributed by atoms with Crippen molar-refractivity contribution in [1.29, 1.82) is 0 Å². The van der Waals surface area contributed by atoms with Crippen LogP contribution in [-0.2, 0) is 0 Å². The first-order valence-electron chi connectivity index (χ1n) is 7.65. The summed E-state index contributed by atoms with van der Waals surface area (Å²) in [6.07, 6.45) is 19.8. The van der Waals surface area contributed by atoms with Crippen LogP contribution >= 0.6 is 8.58 Å². The van der Waals surface area contributed by atoms with Crippen LogP contribution in [-0.4, -0.2) is 11.3 Å². The van der Waals surface area contributed by atoms with Crippen LogP contribution in [0.1, 0.15) is 83.5 Å². The topological polar surface area (TPSA) is 0 Å². The average molecular weight is 239 g/mol. The van der Waals surface area contributed by atoms with E-state index in [0.29, 0.717) is 0 Å². The first-order valence-corrected chi connectivity index (χ1v) is 8.68. The van der Waals surface area contributed by atoms with Crippen LogP contribution < -0.4 is 0 Å². The van der Waals surface area contributed by atoms with Crippen LogP contribution in [0, 0.1) is 0 Å². The molecule has 1 heteroatoms. The predicted molar refractivity (Wildman–Crippen MR) is 74.5 cm³/mol. The van der Waals surface area contributed by atoms with E-state index in [1.54, 1.807) is 0 Å². The smallest absolute Gasteiger partial charge is 0.0168 e. The molecular weight excluding hydrogens is 211 g/mol. The Bertz CT molecular complexity index is 162. The molecule has 0 aliphatic heterocycles. The molecule has 1 radical (unpaired) electrons. The van der Waals surface area contributed by atoms with Crippen molar-refractivity contribution in [3.8, 4) is 0 Å². The molecule has 0 spiro atoms. The van der Waals surface area contributed by atoms with E-state index < -0.39 is 0 Å². The van der Waals surface area contributed by atoms with E-state index in [2.05, 4.69) is 0 Å². The Morgan fingerprint density at radius 1 is 0.438 bits per heavy atom.